The van der Waals surface area contributed by atoms with Gasteiger partial charge >= 0.3 is 0 Å². The zero-order valence-electron chi connectivity index (χ0n) is 10.2. The number of thiazole rings is 1. The van der Waals surface area contributed by atoms with Gasteiger partial charge in [0.05, 0.1) is 5.54 Å². The number of rotatable bonds is 5. The molecule has 0 aromatic carbocycles. The van der Waals surface area contributed by atoms with Gasteiger partial charge < -0.3 is 10.6 Å². The Balaban J connectivity index is 2.58. The van der Waals surface area contributed by atoms with E-state index < -0.39 is 0 Å². The molecule has 4 heteroatoms. The number of hydrogen-bond acceptors (Lipinski definition) is 4. The van der Waals surface area contributed by atoms with Crippen molar-refractivity contribution in [3.05, 3.63) is 16.6 Å². The van der Waals surface area contributed by atoms with E-state index in [9.17, 15) is 0 Å². The van der Waals surface area contributed by atoms with Crippen molar-refractivity contribution in [2.75, 3.05) is 13.6 Å². The topological polar surface area (TPSA) is 37.0 Å². The van der Waals surface area contributed by atoms with Crippen LogP contribution in [0.2, 0.25) is 0 Å². The number of hydrogen-bond donors (Lipinski definition) is 2. The molecule has 0 saturated heterocycles. The summed E-state index contributed by atoms with van der Waals surface area (Å²) in [5.41, 5.74) is 0.0524. The number of likely N-dealkylation sites (N-methyl/N-ethyl adjacent to an activating group) is 1. The summed E-state index contributed by atoms with van der Waals surface area (Å²) in [6.45, 7) is 9.60. The Morgan fingerprint density at radius 3 is 2.47 bits per heavy atom. The van der Waals surface area contributed by atoms with Crippen LogP contribution in [0.5, 0.6) is 0 Å². The van der Waals surface area contributed by atoms with E-state index in [4.69, 9.17) is 0 Å². The third-order valence-electron chi connectivity index (χ3n) is 2.62. The molecule has 0 unspecified atom stereocenters. The van der Waals surface area contributed by atoms with E-state index in [0.29, 0.717) is 0 Å². The van der Waals surface area contributed by atoms with Crippen LogP contribution in [0.1, 0.15) is 32.7 Å². The van der Waals surface area contributed by atoms with Gasteiger partial charge in [0.15, 0.2) is 0 Å². The lowest BCUT2D eigenvalue weighted by atomic mass is 10.0. The number of nitrogens with zero attached hydrogens (tertiary/aromatic N) is 1. The molecule has 0 aliphatic rings. The Morgan fingerprint density at radius 2 is 2.00 bits per heavy atom. The molecular weight excluding hydrogens is 206 g/mol. The van der Waals surface area contributed by atoms with Crippen molar-refractivity contribution in [1.29, 1.82) is 0 Å². The maximum absolute atomic E-state index is 4.35. The highest BCUT2D eigenvalue weighted by Gasteiger charge is 2.25. The van der Waals surface area contributed by atoms with Crippen molar-refractivity contribution in [2.24, 2.45) is 0 Å². The molecule has 0 amide bonds. The minimum absolute atomic E-state index is 0.0533. The first-order chi connectivity index (χ1) is 6.87. The summed E-state index contributed by atoms with van der Waals surface area (Å²) in [7, 11) is 1.98. The fourth-order valence-electron chi connectivity index (χ4n) is 1.14. The predicted octanol–water partition coefficient (Wildman–Crippen LogP) is 1.97. The van der Waals surface area contributed by atoms with Crippen LogP contribution < -0.4 is 10.6 Å². The molecule has 0 bridgehead atoms. The van der Waals surface area contributed by atoms with Crippen LogP contribution in [-0.4, -0.2) is 24.1 Å². The highest BCUT2D eigenvalue weighted by atomic mass is 32.1. The van der Waals surface area contributed by atoms with Gasteiger partial charge in [-0.1, -0.05) is 0 Å². The fraction of sp³-hybridized carbons (Fsp3) is 0.727. The maximum atomic E-state index is 4.35. The molecule has 0 aliphatic carbocycles. The molecule has 86 valence electrons. The molecular formula is C11H21N3S. The van der Waals surface area contributed by atoms with E-state index in [1.165, 1.54) is 0 Å². The van der Waals surface area contributed by atoms with Crippen molar-refractivity contribution in [3.63, 3.8) is 0 Å². The molecule has 3 nitrogen and oxygen atoms in total. The van der Waals surface area contributed by atoms with Crippen LogP contribution in [0.4, 0.5) is 0 Å². The first-order valence-electron chi connectivity index (χ1n) is 5.21. The van der Waals surface area contributed by atoms with E-state index in [0.717, 1.165) is 11.6 Å². The monoisotopic (exact) mass is 227 g/mol. The fourth-order valence-corrected chi connectivity index (χ4v) is 1.88. The van der Waals surface area contributed by atoms with Gasteiger partial charge in [0.2, 0.25) is 0 Å². The molecule has 1 heterocycles. The molecule has 0 atom stereocenters. The van der Waals surface area contributed by atoms with E-state index in [1.807, 2.05) is 18.6 Å². The second kappa shape index (κ2) is 4.60. The largest absolute Gasteiger partial charge is 0.314 e. The van der Waals surface area contributed by atoms with Gasteiger partial charge in [-0.3, -0.25) is 0 Å². The van der Waals surface area contributed by atoms with Gasteiger partial charge in [-0.2, -0.15) is 0 Å². The average Bonchev–Trinajstić information content (AvgIpc) is 2.69. The molecule has 2 N–H and O–H groups in total. The molecule has 1 aromatic rings. The minimum Gasteiger partial charge on any atom is -0.314 e. The lowest BCUT2D eigenvalue weighted by Gasteiger charge is -2.31. The maximum Gasteiger partial charge on any atom is 0.112 e. The normalized spacial score (nSPS) is 13.1. The molecule has 1 aromatic heterocycles. The van der Waals surface area contributed by atoms with Crippen molar-refractivity contribution in [2.45, 2.75) is 38.8 Å². The van der Waals surface area contributed by atoms with Crippen LogP contribution in [0.3, 0.4) is 0 Å². The van der Waals surface area contributed by atoms with E-state index in [-0.39, 0.29) is 11.1 Å². The van der Waals surface area contributed by atoms with Crippen molar-refractivity contribution >= 4 is 11.3 Å². The van der Waals surface area contributed by atoms with Crippen LogP contribution in [-0.2, 0) is 5.54 Å². The van der Waals surface area contributed by atoms with E-state index in [2.05, 4.69) is 43.3 Å². The van der Waals surface area contributed by atoms with Crippen LogP contribution in [0.15, 0.2) is 11.6 Å². The smallest absolute Gasteiger partial charge is 0.112 e. The van der Waals surface area contributed by atoms with Gasteiger partial charge in [0.1, 0.15) is 5.01 Å². The quantitative estimate of drug-likeness (QED) is 0.807. The van der Waals surface area contributed by atoms with Gasteiger partial charge in [0, 0.05) is 23.7 Å². The predicted molar refractivity (Wildman–Crippen MR) is 66.3 cm³/mol. The summed E-state index contributed by atoms with van der Waals surface area (Å²) in [6.07, 6.45) is 1.85. The van der Waals surface area contributed by atoms with Gasteiger partial charge in [0.25, 0.3) is 0 Å². The molecule has 0 saturated carbocycles. The lowest BCUT2D eigenvalue weighted by molar-refractivity contribution is 0.317. The molecule has 1 rings (SSSR count). The molecule has 0 spiro atoms. The summed E-state index contributed by atoms with van der Waals surface area (Å²) < 4.78 is 0. The third-order valence-corrected chi connectivity index (χ3v) is 3.71. The lowest BCUT2D eigenvalue weighted by Crippen LogP contribution is -2.50. The van der Waals surface area contributed by atoms with Crippen molar-refractivity contribution < 1.29 is 0 Å². The Bertz CT molecular complexity index is 291. The van der Waals surface area contributed by atoms with Crippen molar-refractivity contribution in [3.8, 4) is 0 Å². The summed E-state index contributed by atoms with van der Waals surface area (Å²) in [5.74, 6) is 0. The standard InChI is InChI=1S/C11H21N3S/c1-10(2,12-5)8-14-11(3,4)9-13-6-7-15-9/h6-7,12,14H,8H2,1-5H3. The average molecular weight is 227 g/mol. The highest BCUT2D eigenvalue weighted by Crippen LogP contribution is 2.22. The van der Waals surface area contributed by atoms with Crippen LogP contribution >= 0.6 is 11.3 Å². The molecule has 0 aliphatic heterocycles. The summed E-state index contributed by atoms with van der Waals surface area (Å²) >= 11 is 1.69. The summed E-state index contributed by atoms with van der Waals surface area (Å²) in [5, 5.41) is 9.97. The van der Waals surface area contributed by atoms with Crippen LogP contribution in [0.25, 0.3) is 0 Å². The second-order valence-corrected chi connectivity index (χ2v) is 5.84. The summed E-state index contributed by atoms with van der Waals surface area (Å²) in [4.78, 5) is 4.35. The Kier molecular flexibility index (Phi) is 3.87. The van der Waals surface area contributed by atoms with E-state index in [1.54, 1.807) is 11.3 Å². The first kappa shape index (κ1) is 12.6. The second-order valence-electron chi connectivity index (χ2n) is 4.95. The first-order valence-corrected chi connectivity index (χ1v) is 6.09. The Morgan fingerprint density at radius 1 is 1.33 bits per heavy atom. The zero-order chi connectivity index (χ0) is 11.5. The molecule has 15 heavy (non-hydrogen) atoms. The zero-order valence-corrected chi connectivity index (χ0v) is 11.0. The van der Waals surface area contributed by atoms with E-state index >= 15 is 0 Å². The summed E-state index contributed by atoms with van der Waals surface area (Å²) in [6, 6.07) is 0. The number of nitrogens with one attached hydrogen (secondary N) is 2. The van der Waals surface area contributed by atoms with Crippen LogP contribution in [0, 0.1) is 0 Å². The van der Waals surface area contributed by atoms with Crippen molar-refractivity contribution in [1.82, 2.24) is 15.6 Å². The SMILES string of the molecule is CNC(C)(C)CNC(C)(C)c1nccs1. The minimum atomic E-state index is -0.0533. The number of aromatic nitrogens is 1. The van der Waals surface area contributed by atoms with Gasteiger partial charge in [-0.15, -0.1) is 11.3 Å². The van der Waals surface area contributed by atoms with Gasteiger partial charge in [-0.25, -0.2) is 4.98 Å². The molecule has 0 radical (unpaired) electrons. The third kappa shape index (κ3) is 3.55. The molecule has 0 fully saturated rings. The Labute approximate surface area is 96.3 Å². The van der Waals surface area contributed by atoms with Gasteiger partial charge in [-0.05, 0) is 34.7 Å². The highest BCUT2D eigenvalue weighted by molar-refractivity contribution is 7.09. The Hall–Kier alpha value is -0.450.